The van der Waals surface area contributed by atoms with Crippen LogP contribution in [0.15, 0.2) is 23.6 Å². The molecule has 0 aliphatic carbocycles. The first-order chi connectivity index (χ1) is 6.66. The molecule has 1 aromatic carbocycles. The van der Waals surface area contributed by atoms with Crippen molar-refractivity contribution in [2.75, 3.05) is 14.1 Å². The average Bonchev–Trinajstić information content (AvgIpc) is 2.47. The number of thiophene rings is 1. The first-order valence-corrected chi connectivity index (χ1v) is 5.35. The summed E-state index contributed by atoms with van der Waals surface area (Å²) in [4.78, 5) is 2.12. The number of benzene rings is 1. The van der Waals surface area contributed by atoms with Crippen LogP contribution in [0, 0.1) is 5.82 Å². The summed E-state index contributed by atoms with van der Waals surface area (Å²) in [6.45, 7) is 0.908. The van der Waals surface area contributed by atoms with Crippen LogP contribution in [0.5, 0.6) is 0 Å². The van der Waals surface area contributed by atoms with Gasteiger partial charge in [-0.3, -0.25) is 0 Å². The zero-order chi connectivity index (χ0) is 10.1. The van der Waals surface area contributed by atoms with E-state index >= 15 is 0 Å². The molecule has 0 bridgehead atoms. The van der Waals surface area contributed by atoms with Crippen molar-refractivity contribution in [2.45, 2.75) is 6.54 Å². The standard InChI is InChI=1S/C11H12FNS/c1-13(2)6-8-7-14-11-5-9(12)3-4-10(8)11/h3-5,7H,6H2,1-2H3. The molecule has 0 radical (unpaired) electrons. The van der Waals surface area contributed by atoms with Crippen molar-refractivity contribution in [3.05, 3.63) is 35.0 Å². The summed E-state index contributed by atoms with van der Waals surface area (Å²) < 4.78 is 13.9. The van der Waals surface area contributed by atoms with Crippen LogP contribution in [-0.4, -0.2) is 19.0 Å². The third kappa shape index (κ3) is 1.79. The number of fused-ring (bicyclic) bond motifs is 1. The molecule has 14 heavy (non-hydrogen) atoms. The molecule has 0 N–H and O–H groups in total. The van der Waals surface area contributed by atoms with Gasteiger partial charge in [-0.1, -0.05) is 6.07 Å². The number of rotatable bonds is 2. The summed E-state index contributed by atoms with van der Waals surface area (Å²) in [5, 5.41) is 3.27. The highest BCUT2D eigenvalue weighted by Crippen LogP contribution is 2.27. The Balaban J connectivity index is 2.47. The van der Waals surface area contributed by atoms with Crippen molar-refractivity contribution >= 4 is 21.4 Å². The van der Waals surface area contributed by atoms with Crippen LogP contribution >= 0.6 is 11.3 Å². The topological polar surface area (TPSA) is 3.24 Å². The number of hydrogen-bond acceptors (Lipinski definition) is 2. The van der Waals surface area contributed by atoms with Crippen LogP contribution in [-0.2, 0) is 6.54 Å². The van der Waals surface area contributed by atoms with Crippen molar-refractivity contribution in [3.8, 4) is 0 Å². The molecule has 0 spiro atoms. The highest BCUT2D eigenvalue weighted by atomic mass is 32.1. The van der Waals surface area contributed by atoms with Gasteiger partial charge in [-0.2, -0.15) is 0 Å². The summed E-state index contributed by atoms with van der Waals surface area (Å²) in [5.74, 6) is -0.157. The molecule has 0 atom stereocenters. The Hall–Kier alpha value is -0.930. The zero-order valence-electron chi connectivity index (χ0n) is 8.25. The zero-order valence-corrected chi connectivity index (χ0v) is 9.07. The van der Waals surface area contributed by atoms with E-state index in [0.29, 0.717) is 0 Å². The molecule has 0 amide bonds. The first kappa shape index (κ1) is 9.62. The van der Waals surface area contributed by atoms with Crippen LogP contribution in [0.1, 0.15) is 5.56 Å². The molecule has 0 saturated carbocycles. The molecule has 0 unspecified atom stereocenters. The maximum atomic E-state index is 12.9. The van der Waals surface area contributed by atoms with Crippen LogP contribution in [0.3, 0.4) is 0 Å². The fourth-order valence-corrected chi connectivity index (χ4v) is 2.50. The van der Waals surface area contributed by atoms with Crippen LogP contribution in [0.4, 0.5) is 4.39 Å². The van der Waals surface area contributed by atoms with Gasteiger partial charge in [0.05, 0.1) is 0 Å². The van der Waals surface area contributed by atoms with Gasteiger partial charge in [-0.15, -0.1) is 11.3 Å². The van der Waals surface area contributed by atoms with Gasteiger partial charge in [-0.05, 0) is 42.6 Å². The Morgan fingerprint density at radius 1 is 1.36 bits per heavy atom. The molecular weight excluding hydrogens is 197 g/mol. The summed E-state index contributed by atoms with van der Waals surface area (Å²) in [6.07, 6.45) is 0. The average molecular weight is 209 g/mol. The second-order valence-electron chi connectivity index (χ2n) is 3.64. The second-order valence-corrected chi connectivity index (χ2v) is 4.55. The maximum absolute atomic E-state index is 12.9. The van der Waals surface area contributed by atoms with Crippen molar-refractivity contribution < 1.29 is 4.39 Å². The molecule has 1 nitrogen and oxygen atoms in total. The normalized spacial score (nSPS) is 11.4. The Morgan fingerprint density at radius 3 is 2.86 bits per heavy atom. The van der Waals surface area contributed by atoms with E-state index in [1.54, 1.807) is 17.4 Å². The van der Waals surface area contributed by atoms with Crippen molar-refractivity contribution in [1.29, 1.82) is 0 Å². The third-order valence-electron chi connectivity index (χ3n) is 2.10. The van der Waals surface area contributed by atoms with E-state index in [1.807, 2.05) is 20.2 Å². The molecule has 0 aliphatic heterocycles. The van der Waals surface area contributed by atoms with E-state index in [0.717, 1.165) is 11.2 Å². The minimum absolute atomic E-state index is 0.157. The fraction of sp³-hybridized carbons (Fsp3) is 0.273. The van der Waals surface area contributed by atoms with Crippen molar-refractivity contribution in [1.82, 2.24) is 4.90 Å². The minimum Gasteiger partial charge on any atom is -0.305 e. The van der Waals surface area contributed by atoms with Crippen molar-refractivity contribution in [3.63, 3.8) is 0 Å². The molecule has 2 rings (SSSR count). The van der Waals surface area contributed by atoms with E-state index in [4.69, 9.17) is 0 Å². The Kier molecular flexibility index (Phi) is 2.52. The molecule has 2 aromatic rings. The van der Waals surface area contributed by atoms with E-state index in [2.05, 4.69) is 10.3 Å². The number of nitrogens with zero attached hydrogens (tertiary/aromatic N) is 1. The van der Waals surface area contributed by atoms with Gasteiger partial charge in [0.2, 0.25) is 0 Å². The lowest BCUT2D eigenvalue weighted by Gasteiger charge is -2.07. The molecule has 0 saturated heterocycles. The molecule has 0 fully saturated rings. The number of hydrogen-bond donors (Lipinski definition) is 0. The smallest absolute Gasteiger partial charge is 0.124 e. The lowest BCUT2D eigenvalue weighted by Crippen LogP contribution is -2.09. The van der Waals surface area contributed by atoms with Gasteiger partial charge in [0.15, 0.2) is 0 Å². The summed E-state index contributed by atoms with van der Waals surface area (Å²) in [5.41, 5.74) is 1.27. The molecule has 0 aliphatic rings. The van der Waals surface area contributed by atoms with Gasteiger partial charge in [0.1, 0.15) is 5.82 Å². The van der Waals surface area contributed by atoms with E-state index in [9.17, 15) is 4.39 Å². The molecule has 1 heterocycles. The van der Waals surface area contributed by atoms with Gasteiger partial charge in [0, 0.05) is 11.2 Å². The monoisotopic (exact) mass is 209 g/mol. The van der Waals surface area contributed by atoms with E-state index in [-0.39, 0.29) is 5.82 Å². The quantitative estimate of drug-likeness (QED) is 0.734. The third-order valence-corrected chi connectivity index (χ3v) is 3.10. The SMILES string of the molecule is CN(C)Cc1csc2cc(F)ccc12. The predicted octanol–water partition coefficient (Wildman–Crippen LogP) is 3.10. The lowest BCUT2D eigenvalue weighted by atomic mass is 10.2. The number of halogens is 1. The van der Waals surface area contributed by atoms with Gasteiger partial charge < -0.3 is 4.90 Å². The van der Waals surface area contributed by atoms with Crippen molar-refractivity contribution in [2.24, 2.45) is 0 Å². The van der Waals surface area contributed by atoms with E-state index in [1.165, 1.54) is 17.0 Å². The largest absolute Gasteiger partial charge is 0.305 e. The predicted molar refractivity (Wildman–Crippen MR) is 59.2 cm³/mol. The molecule has 1 aromatic heterocycles. The highest BCUT2D eigenvalue weighted by Gasteiger charge is 2.05. The minimum atomic E-state index is -0.157. The Morgan fingerprint density at radius 2 is 2.14 bits per heavy atom. The van der Waals surface area contributed by atoms with Gasteiger partial charge >= 0.3 is 0 Å². The van der Waals surface area contributed by atoms with Gasteiger partial charge in [-0.25, -0.2) is 4.39 Å². The fourth-order valence-electron chi connectivity index (χ4n) is 1.52. The summed E-state index contributed by atoms with van der Waals surface area (Å²) in [7, 11) is 4.07. The first-order valence-electron chi connectivity index (χ1n) is 4.47. The summed E-state index contributed by atoms with van der Waals surface area (Å²) in [6, 6.07) is 4.98. The van der Waals surface area contributed by atoms with Crippen LogP contribution in [0.2, 0.25) is 0 Å². The lowest BCUT2D eigenvalue weighted by molar-refractivity contribution is 0.404. The highest BCUT2D eigenvalue weighted by molar-refractivity contribution is 7.17. The molecular formula is C11H12FNS. The van der Waals surface area contributed by atoms with Crippen LogP contribution < -0.4 is 0 Å². The second kappa shape index (κ2) is 3.67. The summed E-state index contributed by atoms with van der Waals surface area (Å²) >= 11 is 1.60. The Labute approximate surface area is 86.8 Å². The van der Waals surface area contributed by atoms with E-state index < -0.39 is 0 Å². The maximum Gasteiger partial charge on any atom is 0.124 e. The molecule has 74 valence electrons. The van der Waals surface area contributed by atoms with Gasteiger partial charge in [0.25, 0.3) is 0 Å². The Bertz CT molecular complexity index is 447. The molecule has 3 heteroatoms. The van der Waals surface area contributed by atoms with Crippen LogP contribution in [0.25, 0.3) is 10.1 Å².